The summed E-state index contributed by atoms with van der Waals surface area (Å²) in [5.74, 6) is -0.0298. The van der Waals surface area contributed by atoms with E-state index in [0.717, 1.165) is 5.56 Å². The smallest absolute Gasteiger partial charge is 0.234 e. The van der Waals surface area contributed by atoms with Crippen LogP contribution >= 0.6 is 0 Å². The predicted octanol–water partition coefficient (Wildman–Crippen LogP) is 0.495. The molecule has 5 nitrogen and oxygen atoms in total. The van der Waals surface area contributed by atoms with Crippen LogP contribution in [0.25, 0.3) is 0 Å². The Balaban J connectivity index is 2.24. The minimum absolute atomic E-state index is 0.0298. The van der Waals surface area contributed by atoms with Gasteiger partial charge in [-0.15, -0.1) is 0 Å². The van der Waals surface area contributed by atoms with Crippen LogP contribution in [-0.4, -0.2) is 37.7 Å². The number of amides is 1. The first kappa shape index (κ1) is 13.6. The number of rotatable bonds is 7. The number of hydrogen-bond donors (Lipinski definition) is 2. The lowest BCUT2D eigenvalue weighted by Crippen LogP contribution is -2.36. The van der Waals surface area contributed by atoms with Crippen LogP contribution in [0.15, 0.2) is 24.5 Å². The lowest BCUT2D eigenvalue weighted by Gasteiger charge is -2.13. The van der Waals surface area contributed by atoms with Gasteiger partial charge < -0.3 is 15.4 Å². The molecule has 5 heteroatoms. The maximum absolute atomic E-state index is 11.4. The molecule has 0 fully saturated rings. The number of carbonyl (C=O) groups excluding carboxylic acids is 1. The van der Waals surface area contributed by atoms with Crippen molar-refractivity contribution in [2.45, 2.75) is 13.0 Å². The van der Waals surface area contributed by atoms with Gasteiger partial charge in [0.15, 0.2) is 0 Å². The van der Waals surface area contributed by atoms with Crippen LogP contribution in [0.2, 0.25) is 0 Å². The lowest BCUT2D eigenvalue weighted by molar-refractivity contribution is -0.120. The molecule has 1 aromatic rings. The van der Waals surface area contributed by atoms with E-state index in [-0.39, 0.29) is 11.9 Å². The molecule has 0 aliphatic carbocycles. The topological polar surface area (TPSA) is 63.2 Å². The number of nitrogens with one attached hydrogen (secondary N) is 2. The molecule has 0 saturated heterocycles. The van der Waals surface area contributed by atoms with Crippen molar-refractivity contribution < 1.29 is 9.53 Å². The van der Waals surface area contributed by atoms with Crippen molar-refractivity contribution in [3.8, 4) is 0 Å². The van der Waals surface area contributed by atoms with Crippen molar-refractivity contribution in [1.82, 2.24) is 15.6 Å². The number of pyridine rings is 1. The molecule has 1 atom stereocenters. The van der Waals surface area contributed by atoms with Gasteiger partial charge >= 0.3 is 0 Å². The molecule has 1 heterocycles. The van der Waals surface area contributed by atoms with E-state index in [1.807, 2.05) is 19.1 Å². The summed E-state index contributed by atoms with van der Waals surface area (Å²) in [6, 6.07) is 3.97. The number of hydrogen-bond acceptors (Lipinski definition) is 4. The van der Waals surface area contributed by atoms with Gasteiger partial charge in [-0.1, -0.05) is 6.07 Å². The molecule has 1 rings (SSSR count). The minimum Gasteiger partial charge on any atom is -0.383 e. The maximum Gasteiger partial charge on any atom is 0.234 e. The summed E-state index contributed by atoms with van der Waals surface area (Å²) in [5.41, 5.74) is 1.07. The van der Waals surface area contributed by atoms with Crippen molar-refractivity contribution in [3.63, 3.8) is 0 Å². The molecule has 2 N–H and O–H groups in total. The molecule has 0 spiro atoms. The van der Waals surface area contributed by atoms with E-state index in [9.17, 15) is 4.79 Å². The van der Waals surface area contributed by atoms with Crippen LogP contribution in [0, 0.1) is 0 Å². The summed E-state index contributed by atoms with van der Waals surface area (Å²) in [6.45, 7) is 3.36. The van der Waals surface area contributed by atoms with E-state index in [1.165, 1.54) is 0 Å². The lowest BCUT2D eigenvalue weighted by atomic mass is 10.1. The third-order valence-corrected chi connectivity index (χ3v) is 2.38. The number of methoxy groups -OCH3 is 1. The van der Waals surface area contributed by atoms with Gasteiger partial charge in [0.1, 0.15) is 0 Å². The Bertz CT molecular complexity index is 330. The van der Waals surface area contributed by atoms with Gasteiger partial charge in [-0.3, -0.25) is 9.78 Å². The molecule has 1 unspecified atom stereocenters. The third-order valence-electron chi connectivity index (χ3n) is 2.38. The predicted molar refractivity (Wildman–Crippen MR) is 65.5 cm³/mol. The molecule has 0 saturated carbocycles. The van der Waals surface area contributed by atoms with Crippen molar-refractivity contribution in [2.75, 3.05) is 26.8 Å². The molecule has 0 bridgehead atoms. The largest absolute Gasteiger partial charge is 0.383 e. The average Bonchev–Trinajstić information content (AvgIpc) is 2.37. The second kappa shape index (κ2) is 7.76. The zero-order valence-corrected chi connectivity index (χ0v) is 10.3. The van der Waals surface area contributed by atoms with Crippen molar-refractivity contribution >= 4 is 5.91 Å². The molecule has 0 radical (unpaired) electrons. The highest BCUT2D eigenvalue weighted by Crippen LogP contribution is 2.08. The Morgan fingerprint density at radius 2 is 2.41 bits per heavy atom. The standard InChI is InChI=1S/C12H19N3O2/c1-10(11-4-3-5-13-8-11)15-9-12(16)14-6-7-17-2/h3-5,8,10,15H,6-7,9H2,1-2H3,(H,14,16). The highest BCUT2D eigenvalue weighted by molar-refractivity contribution is 5.78. The Morgan fingerprint density at radius 1 is 1.59 bits per heavy atom. The number of carbonyl (C=O) groups is 1. The quantitative estimate of drug-likeness (QED) is 0.678. The average molecular weight is 237 g/mol. The Kier molecular flexibility index (Phi) is 6.21. The van der Waals surface area contributed by atoms with Crippen molar-refractivity contribution in [3.05, 3.63) is 30.1 Å². The van der Waals surface area contributed by atoms with Crippen LogP contribution in [-0.2, 0) is 9.53 Å². The molecular weight excluding hydrogens is 218 g/mol. The van der Waals surface area contributed by atoms with Gasteiger partial charge in [-0.25, -0.2) is 0 Å². The summed E-state index contributed by atoms with van der Waals surface area (Å²) in [6.07, 6.45) is 3.52. The molecule has 0 aliphatic heterocycles. The number of ether oxygens (including phenoxy) is 1. The molecule has 94 valence electrons. The second-order valence-corrected chi connectivity index (χ2v) is 3.73. The van der Waals surface area contributed by atoms with Gasteiger partial charge in [0, 0.05) is 32.1 Å². The highest BCUT2D eigenvalue weighted by Gasteiger charge is 2.06. The first-order valence-corrected chi connectivity index (χ1v) is 5.63. The van der Waals surface area contributed by atoms with Crippen LogP contribution in [0.5, 0.6) is 0 Å². The second-order valence-electron chi connectivity index (χ2n) is 3.73. The third kappa shape index (κ3) is 5.42. The Morgan fingerprint density at radius 3 is 3.06 bits per heavy atom. The van der Waals surface area contributed by atoms with E-state index in [0.29, 0.717) is 19.7 Å². The molecule has 1 amide bonds. The van der Waals surface area contributed by atoms with E-state index in [2.05, 4.69) is 15.6 Å². The number of aromatic nitrogens is 1. The van der Waals surface area contributed by atoms with Crippen molar-refractivity contribution in [1.29, 1.82) is 0 Å². The van der Waals surface area contributed by atoms with Crippen LogP contribution in [0.1, 0.15) is 18.5 Å². The summed E-state index contributed by atoms with van der Waals surface area (Å²) < 4.78 is 4.84. The van der Waals surface area contributed by atoms with E-state index < -0.39 is 0 Å². The fourth-order valence-corrected chi connectivity index (χ4v) is 1.35. The molecule has 0 aliphatic rings. The fraction of sp³-hybridized carbons (Fsp3) is 0.500. The summed E-state index contributed by atoms with van der Waals surface area (Å²) in [5, 5.41) is 5.88. The zero-order valence-electron chi connectivity index (χ0n) is 10.3. The molecule has 17 heavy (non-hydrogen) atoms. The normalized spacial score (nSPS) is 12.1. The summed E-state index contributed by atoms with van der Waals surface area (Å²) >= 11 is 0. The zero-order chi connectivity index (χ0) is 12.5. The first-order valence-electron chi connectivity index (χ1n) is 5.63. The number of nitrogens with zero attached hydrogens (tertiary/aromatic N) is 1. The van der Waals surface area contributed by atoms with Gasteiger partial charge in [0.05, 0.1) is 13.2 Å². The summed E-state index contributed by atoms with van der Waals surface area (Å²) in [4.78, 5) is 15.4. The van der Waals surface area contributed by atoms with Crippen LogP contribution < -0.4 is 10.6 Å². The monoisotopic (exact) mass is 237 g/mol. The minimum atomic E-state index is -0.0298. The first-order chi connectivity index (χ1) is 8.24. The van der Waals surface area contributed by atoms with Gasteiger partial charge in [-0.05, 0) is 18.6 Å². The van der Waals surface area contributed by atoms with E-state index in [1.54, 1.807) is 19.5 Å². The Labute approximate surface area is 102 Å². The van der Waals surface area contributed by atoms with Gasteiger partial charge in [-0.2, -0.15) is 0 Å². The SMILES string of the molecule is COCCNC(=O)CNC(C)c1cccnc1. The van der Waals surface area contributed by atoms with Gasteiger partial charge in [0.25, 0.3) is 0 Å². The fourth-order valence-electron chi connectivity index (χ4n) is 1.35. The van der Waals surface area contributed by atoms with E-state index >= 15 is 0 Å². The van der Waals surface area contributed by atoms with Crippen LogP contribution in [0.3, 0.4) is 0 Å². The highest BCUT2D eigenvalue weighted by atomic mass is 16.5. The summed E-state index contributed by atoms with van der Waals surface area (Å²) in [7, 11) is 1.61. The molecule has 0 aromatic carbocycles. The van der Waals surface area contributed by atoms with E-state index in [4.69, 9.17) is 4.74 Å². The van der Waals surface area contributed by atoms with Gasteiger partial charge in [0.2, 0.25) is 5.91 Å². The Hall–Kier alpha value is -1.46. The molecular formula is C12H19N3O2. The maximum atomic E-state index is 11.4. The van der Waals surface area contributed by atoms with Crippen LogP contribution in [0.4, 0.5) is 0 Å². The van der Waals surface area contributed by atoms with Crippen molar-refractivity contribution in [2.24, 2.45) is 0 Å². The molecule has 1 aromatic heterocycles.